The van der Waals surface area contributed by atoms with Crippen molar-refractivity contribution in [2.75, 3.05) is 18.1 Å². The molecule has 4 N–H and O–H groups in total. The molecule has 0 heterocycles. The number of nitrogens with one attached hydrogen (secondary N) is 3. The number of carbonyl (C=O) groups is 2. The van der Waals surface area contributed by atoms with Crippen molar-refractivity contribution in [3.63, 3.8) is 0 Å². The molecule has 2 rings (SSSR count). The van der Waals surface area contributed by atoms with Gasteiger partial charge in [0.2, 0.25) is 0 Å². The van der Waals surface area contributed by atoms with Crippen LogP contribution >= 0.6 is 0 Å². The summed E-state index contributed by atoms with van der Waals surface area (Å²) < 4.78 is 22.8. The van der Waals surface area contributed by atoms with Crippen molar-refractivity contribution in [3.05, 3.63) is 24.3 Å². The van der Waals surface area contributed by atoms with E-state index in [1.807, 2.05) is 0 Å². The van der Waals surface area contributed by atoms with E-state index in [0.29, 0.717) is 18.2 Å². The third kappa shape index (κ3) is 6.26. The molecule has 8 nitrogen and oxygen atoms in total. The molecule has 0 unspecified atom stereocenters. The van der Waals surface area contributed by atoms with Crippen molar-refractivity contribution in [3.8, 4) is 0 Å². The van der Waals surface area contributed by atoms with E-state index in [-0.39, 0.29) is 17.0 Å². The lowest BCUT2D eigenvalue weighted by Gasteiger charge is -2.29. The lowest BCUT2D eigenvalue weighted by atomic mass is 9.86. The van der Waals surface area contributed by atoms with E-state index in [2.05, 4.69) is 16.0 Å². The SMILES string of the molecule is CS(=O)(=O)c1ccc(NC(=O)NC2CCC(CNC(=O)O)CC2)cc1. The second-order valence-electron chi connectivity index (χ2n) is 6.30. The standard InChI is InChI=1S/C16H23N3O5S/c1-25(23,24)14-8-6-13(7-9-14)19-15(20)18-12-4-2-11(3-5-12)10-17-16(21)22/h6-9,11-12,17H,2-5,10H2,1H3,(H,21,22)(H2,18,19,20). The maximum Gasteiger partial charge on any atom is 0.404 e. The lowest BCUT2D eigenvalue weighted by molar-refractivity contribution is 0.189. The fourth-order valence-corrected chi connectivity index (χ4v) is 3.51. The first kappa shape index (κ1) is 19.0. The number of carboxylic acid groups (broad SMARTS) is 1. The van der Waals surface area contributed by atoms with Gasteiger partial charge in [-0.25, -0.2) is 18.0 Å². The molecule has 0 radical (unpaired) electrons. The minimum absolute atomic E-state index is 0.0522. The van der Waals surface area contributed by atoms with Gasteiger partial charge in [0.1, 0.15) is 0 Å². The van der Waals surface area contributed by atoms with Crippen LogP contribution in [0.5, 0.6) is 0 Å². The van der Waals surface area contributed by atoms with Crippen molar-refractivity contribution in [1.29, 1.82) is 0 Å². The Kier molecular flexibility index (Phi) is 6.24. The molecule has 25 heavy (non-hydrogen) atoms. The number of carbonyl (C=O) groups excluding carboxylic acids is 1. The Bertz CT molecular complexity index is 710. The van der Waals surface area contributed by atoms with Gasteiger partial charge in [-0.15, -0.1) is 0 Å². The van der Waals surface area contributed by atoms with Crippen LogP contribution in [0.3, 0.4) is 0 Å². The molecule has 0 saturated heterocycles. The van der Waals surface area contributed by atoms with E-state index in [4.69, 9.17) is 5.11 Å². The highest BCUT2D eigenvalue weighted by Gasteiger charge is 2.22. The van der Waals surface area contributed by atoms with Gasteiger partial charge in [-0.2, -0.15) is 0 Å². The average molecular weight is 369 g/mol. The molecular formula is C16H23N3O5S. The van der Waals surface area contributed by atoms with E-state index in [1.54, 1.807) is 12.1 Å². The van der Waals surface area contributed by atoms with Gasteiger partial charge in [0.15, 0.2) is 9.84 Å². The number of anilines is 1. The Labute approximate surface area is 146 Å². The molecule has 9 heteroatoms. The number of sulfone groups is 1. The second-order valence-corrected chi connectivity index (χ2v) is 8.31. The van der Waals surface area contributed by atoms with Gasteiger partial charge < -0.3 is 21.1 Å². The van der Waals surface area contributed by atoms with Gasteiger partial charge in [-0.3, -0.25) is 0 Å². The van der Waals surface area contributed by atoms with Crippen LogP contribution in [0.15, 0.2) is 29.2 Å². The maximum absolute atomic E-state index is 12.0. The monoisotopic (exact) mass is 369 g/mol. The first-order chi connectivity index (χ1) is 11.7. The summed E-state index contributed by atoms with van der Waals surface area (Å²) in [5.74, 6) is 0.306. The van der Waals surface area contributed by atoms with Crippen LogP contribution < -0.4 is 16.0 Å². The number of benzene rings is 1. The van der Waals surface area contributed by atoms with Crippen LogP contribution in [0.4, 0.5) is 15.3 Å². The highest BCUT2D eigenvalue weighted by atomic mass is 32.2. The Morgan fingerprint density at radius 2 is 1.72 bits per heavy atom. The number of rotatable bonds is 5. The minimum Gasteiger partial charge on any atom is -0.465 e. The first-order valence-electron chi connectivity index (χ1n) is 8.08. The maximum atomic E-state index is 12.0. The van der Waals surface area contributed by atoms with Crippen LogP contribution in [0.25, 0.3) is 0 Å². The Morgan fingerprint density at radius 3 is 2.24 bits per heavy atom. The highest BCUT2D eigenvalue weighted by Crippen LogP contribution is 2.24. The summed E-state index contributed by atoms with van der Waals surface area (Å²) in [5, 5.41) is 16.6. The molecule has 138 valence electrons. The lowest BCUT2D eigenvalue weighted by Crippen LogP contribution is -2.41. The molecule has 1 aliphatic rings. The summed E-state index contributed by atoms with van der Waals surface area (Å²) in [7, 11) is -3.26. The zero-order chi connectivity index (χ0) is 18.4. The normalized spacial score (nSPS) is 20.5. The van der Waals surface area contributed by atoms with Crippen LogP contribution in [0, 0.1) is 5.92 Å². The molecule has 1 aromatic rings. The van der Waals surface area contributed by atoms with Gasteiger partial charge >= 0.3 is 12.1 Å². The minimum atomic E-state index is -3.26. The van der Waals surface area contributed by atoms with Crippen LogP contribution in [-0.4, -0.2) is 44.5 Å². The molecule has 0 atom stereocenters. The summed E-state index contributed by atoms with van der Waals surface area (Å²) in [6.07, 6.45) is 3.42. The van der Waals surface area contributed by atoms with Gasteiger partial charge in [-0.05, 0) is 55.9 Å². The fraction of sp³-hybridized carbons (Fsp3) is 0.500. The second kappa shape index (κ2) is 8.19. The van der Waals surface area contributed by atoms with Crippen molar-refractivity contribution >= 4 is 27.6 Å². The Hall–Kier alpha value is -2.29. The smallest absolute Gasteiger partial charge is 0.404 e. The van der Waals surface area contributed by atoms with Gasteiger partial charge in [0, 0.05) is 24.5 Å². The van der Waals surface area contributed by atoms with E-state index >= 15 is 0 Å². The number of hydrogen-bond donors (Lipinski definition) is 4. The van der Waals surface area contributed by atoms with E-state index in [1.165, 1.54) is 12.1 Å². The van der Waals surface area contributed by atoms with Gasteiger partial charge in [-0.1, -0.05) is 0 Å². The summed E-state index contributed by atoms with van der Waals surface area (Å²) in [5.41, 5.74) is 0.518. The summed E-state index contributed by atoms with van der Waals surface area (Å²) in [6, 6.07) is 5.71. The summed E-state index contributed by atoms with van der Waals surface area (Å²) in [4.78, 5) is 22.7. The zero-order valence-electron chi connectivity index (χ0n) is 14.0. The summed E-state index contributed by atoms with van der Waals surface area (Å²) in [6.45, 7) is 0.445. The predicted octanol–water partition coefficient (Wildman–Crippen LogP) is 2.04. The summed E-state index contributed by atoms with van der Waals surface area (Å²) >= 11 is 0. The first-order valence-corrected chi connectivity index (χ1v) is 9.97. The van der Waals surface area contributed by atoms with Crippen molar-refractivity contribution in [2.45, 2.75) is 36.6 Å². The molecule has 3 amide bonds. The quantitative estimate of drug-likeness (QED) is 0.632. The molecule has 0 aromatic heterocycles. The van der Waals surface area contributed by atoms with Crippen LogP contribution in [-0.2, 0) is 9.84 Å². The van der Waals surface area contributed by atoms with E-state index in [9.17, 15) is 18.0 Å². The van der Waals surface area contributed by atoms with Crippen molar-refractivity contribution < 1.29 is 23.1 Å². The number of hydrogen-bond acceptors (Lipinski definition) is 4. The molecule has 0 spiro atoms. The molecular weight excluding hydrogens is 346 g/mol. The molecule has 0 aliphatic heterocycles. The number of amides is 3. The highest BCUT2D eigenvalue weighted by molar-refractivity contribution is 7.90. The molecule has 0 bridgehead atoms. The van der Waals surface area contributed by atoms with Crippen LogP contribution in [0.1, 0.15) is 25.7 Å². The number of urea groups is 1. The van der Waals surface area contributed by atoms with Crippen LogP contribution in [0.2, 0.25) is 0 Å². The van der Waals surface area contributed by atoms with Gasteiger partial charge in [0.05, 0.1) is 4.90 Å². The van der Waals surface area contributed by atoms with E-state index in [0.717, 1.165) is 31.9 Å². The fourth-order valence-electron chi connectivity index (χ4n) is 2.88. The third-order valence-corrected chi connectivity index (χ3v) is 5.39. The topological polar surface area (TPSA) is 125 Å². The molecule has 1 fully saturated rings. The Morgan fingerprint density at radius 1 is 1.12 bits per heavy atom. The van der Waals surface area contributed by atoms with Crippen molar-refractivity contribution in [1.82, 2.24) is 10.6 Å². The average Bonchev–Trinajstić information content (AvgIpc) is 2.53. The van der Waals surface area contributed by atoms with E-state index < -0.39 is 15.9 Å². The predicted molar refractivity (Wildman–Crippen MR) is 93.5 cm³/mol. The third-order valence-electron chi connectivity index (χ3n) is 4.26. The molecule has 1 aliphatic carbocycles. The Balaban J connectivity index is 1.77. The largest absolute Gasteiger partial charge is 0.465 e. The van der Waals surface area contributed by atoms with Gasteiger partial charge in [0.25, 0.3) is 0 Å². The van der Waals surface area contributed by atoms with Crippen molar-refractivity contribution in [2.24, 2.45) is 5.92 Å². The molecule has 1 aromatic carbocycles. The zero-order valence-corrected chi connectivity index (χ0v) is 14.8. The molecule has 1 saturated carbocycles.